The molecule has 2 rings (SSSR count). The number of halogens is 1. The summed E-state index contributed by atoms with van der Waals surface area (Å²) in [6, 6.07) is 13.3. The molecule has 0 spiro atoms. The Hall–Kier alpha value is -2.04. The smallest absolute Gasteiger partial charge is 0.395 e. The molecule has 0 aliphatic rings. The second-order valence-electron chi connectivity index (χ2n) is 3.76. The largest absolute Gasteiger partial charge is 0.519 e. The van der Waals surface area contributed by atoms with Crippen molar-refractivity contribution < 1.29 is 14.3 Å². The molecule has 0 aromatic heterocycles. The third-order valence-electron chi connectivity index (χ3n) is 2.38. The van der Waals surface area contributed by atoms with E-state index in [1.807, 2.05) is 0 Å². The van der Waals surface area contributed by atoms with Crippen LogP contribution in [0, 0.1) is 0 Å². The first-order chi connectivity index (χ1) is 9.17. The minimum absolute atomic E-state index is 0.368. The van der Waals surface area contributed by atoms with Crippen molar-refractivity contribution >= 4 is 17.8 Å². The van der Waals surface area contributed by atoms with Crippen LogP contribution < -0.4 is 15.2 Å². The number of carbonyl (C=O) groups excluding carboxylic acids is 1. The number of hydrogen-bond acceptors (Lipinski definition) is 4. The average Bonchev–Trinajstić information content (AvgIpc) is 2.42. The van der Waals surface area contributed by atoms with Crippen LogP contribution in [-0.2, 0) is 6.54 Å². The highest BCUT2D eigenvalue weighted by Crippen LogP contribution is 2.17. The van der Waals surface area contributed by atoms with Crippen molar-refractivity contribution in [3.05, 3.63) is 59.1 Å². The lowest BCUT2D eigenvalue weighted by molar-refractivity contribution is 0.152. The van der Waals surface area contributed by atoms with Gasteiger partial charge in [0.05, 0.1) is 0 Å². The second-order valence-corrected chi connectivity index (χ2v) is 4.19. The van der Waals surface area contributed by atoms with Gasteiger partial charge in [-0.3, -0.25) is 0 Å². The molecule has 0 unspecified atom stereocenters. The molecule has 0 atom stereocenters. The standard InChI is InChI=1S/C14H12ClNO3/c15-11-3-7-13(8-4-11)19-14(17)18-12-5-1-10(9-16)2-6-12/h1-8H,9,16H2. The summed E-state index contributed by atoms with van der Waals surface area (Å²) >= 11 is 5.72. The highest BCUT2D eigenvalue weighted by atomic mass is 35.5. The maximum absolute atomic E-state index is 11.5. The van der Waals surface area contributed by atoms with Gasteiger partial charge in [-0.15, -0.1) is 0 Å². The molecule has 2 aromatic carbocycles. The molecule has 2 N–H and O–H groups in total. The zero-order valence-corrected chi connectivity index (χ0v) is 10.8. The van der Waals surface area contributed by atoms with Gasteiger partial charge in [-0.1, -0.05) is 23.7 Å². The molecule has 0 radical (unpaired) electrons. The minimum Gasteiger partial charge on any atom is -0.395 e. The van der Waals surface area contributed by atoms with Crippen molar-refractivity contribution in [2.24, 2.45) is 5.73 Å². The molecule has 0 saturated heterocycles. The SMILES string of the molecule is NCc1ccc(OC(=O)Oc2ccc(Cl)cc2)cc1. The van der Waals surface area contributed by atoms with Crippen LogP contribution in [-0.4, -0.2) is 6.16 Å². The molecular formula is C14H12ClNO3. The van der Waals surface area contributed by atoms with Crippen LogP contribution in [0.4, 0.5) is 4.79 Å². The van der Waals surface area contributed by atoms with Crippen LogP contribution in [0.2, 0.25) is 5.02 Å². The van der Waals surface area contributed by atoms with E-state index < -0.39 is 6.16 Å². The monoisotopic (exact) mass is 277 g/mol. The van der Waals surface area contributed by atoms with Gasteiger partial charge in [0.1, 0.15) is 11.5 Å². The normalized spacial score (nSPS) is 10.0. The van der Waals surface area contributed by atoms with E-state index in [-0.39, 0.29) is 0 Å². The fourth-order valence-electron chi connectivity index (χ4n) is 1.41. The number of rotatable bonds is 3. The Morgan fingerprint density at radius 1 is 0.947 bits per heavy atom. The summed E-state index contributed by atoms with van der Waals surface area (Å²) in [6.07, 6.45) is -0.803. The summed E-state index contributed by atoms with van der Waals surface area (Å²) in [5, 5.41) is 0.568. The zero-order valence-electron chi connectivity index (χ0n) is 10.0. The van der Waals surface area contributed by atoms with E-state index in [1.54, 1.807) is 48.5 Å². The van der Waals surface area contributed by atoms with E-state index in [0.717, 1.165) is 5.56 Å². The number of nitrogens with two attached hydrogens (primary N) is 1. The van der Waals surface area contributed by atoms with Crippen LogP contribution in [0.15, 0.2) is 48.5 Å². The van der Waals surface area contributed by atoms with Gasteiger partial charge in [-0.25, -0.2) is 4.79 Å². The zero-order chi connectivity index (χ0) is 13.7. The minimum atomic E-state index is -0.803. The Bertz CT molecular complexity index is 552. The van der Waals surface area contributed by atoms with Crippen LogP contribution >= 0.6 is 11.6 Å². The molecule has 0 saturated carbocycles. The first-order valence-corrected chi connectivity index (χ1v) is 5.99. The van der Waals surface area contributed by atoms with Gasteiger partial charge in [0.25, 0.3) is 0 Å². The molecule has 0 fully saturated rings. The summed E-state index contributed by atoms with van der Waals surface area (Å²) in [5.74, 6) is 0.768. The van der Waals surface area contributed by atoms with E-state index in [4.69, 9.17) is 26.8 Å². The molecule has 98 valence electrons. The lowest BCUT2D eigenvalue weighted by Crippen LogP contribution is -2.13. The van der Waals surface area contributed by atoms with Gasteiger partial charge in [-0.2, -0.15) is 0 Å². The highest BCUT2D eigenvalue weighted by molar-refractivity contribution is 6.30. The fourth-order valence-corrected chi connectivity index (χ4v) is 1.54. The first kappa shape index (κ1) is 13.4. The van der Waals surface area contributed by atoms with Crippen LogP contribution in [0.25, 0.3) is 0 Å². The number of hydrogen-bond donors (Lipinski definition) is 1. The Morgan fingerprint density at radius 2 is 1.42 bits per heavy atom. The molecule has 0 aliphatic heterocycles. The van der Waals surface area contributed by atoms with Gasteiger partial charge < -0.3 is 15.2 Å². The Kier molecular flexibility index (Phi) is 4.39. The molecular weight excluding hydrogens is 266 g/mol. The molecule has 2 aromatic rings. The third kappa shape index (κ3) is 3.98. The highest BCUT2D eigenvalue weighted by Gasteiger charge is 2.07. The Balaban J connectivity index is 1.95. The molecule has 19 heavy (non-hydrogen) atoms. The maximum Gasteiger partial charge on any atom is 0.519 e. The summed E-state index contributed by atoms with van der Waals surface area (Å²) in [6.45, 7) is 0.440. The van der Waals surface area contributed by atoms with Crippen molar-refractivity contribution in [1.29, 1.82) is 0 Å². The van der Waals surface area contributed by atoms with Crippen LogP contribution in [0.3, 0.4) is 0 Å². The Morgan fingerprint density at radius 3 is 1.89 bits per heavy atom. The summed E-state index contributed by atoms with van der Waals surface area (Å²) < 4.78 is 10.00. The summed E-state index contributed by atoms with van der Waals surface area (Å²) in [5.41, 5.74) is 6.43. The topological polar surface area (TPSA) is 61.5 Å². The summed E-state index contributed by atoms with van der Waals surface area (Å²) in [4.78, 5) is 11.5. The molecule has 0 amide bonds. The Labute approximate surface area is 115 Å². The van der Waals surface area contributed by atoms with Gasteiger partial charge >= 0.3 is 6.16 Å². The quantitative estimate of drug-likeness (QED) is 0.690. The van der Waals surface area contributed by atoms with Crippen molar-refractivity contribution in [1.82, 2.24) is 0 Å². The molecule has 4 nitrogen and oxygen atoms in total. The van der Waals surface area contributed by atoms with E-state index in [2.05, 4.69) is 0 Å². The van der Waals surface area contributed by atoms with Crippen molar-refractivity contribution in [3.63, 3.8) is 0 Å². The first-order valence-electron chi connectivity index (χ1n) is 5.61. The second kappa shape index (κ2) is 6.22. The van der Waals surface area contributed by atoms with E-state index in [9.17, 15) is 4.79 Å². The van der Waals surface area contributed by atoms with Crippen LogP contribution in [0.1, 0.15) is 5.56 Å². The van der Waals surface area contributed by atoms with Gasteiger partial charge in [0, 0.05) is 11.6 Å². The van der Waals surface area contributed by atoms with E-state index in [1.165, 1.54) is 0 Å². The molecule has 0 aliphatic carbocycles. The van der Waals surface area contributed by atoms with Gasteiger partial charge in [0.15, 0.2) is 0 Å². The molecule has 0 bridgehead atoms. The fraction of sp³-hybridized carbons (Fsp3) is 0.0714. The van der Waals surface area contributed by atoms with Gasteiger partial charge in [0.2, 0.25) is 0 Å². The average molecular weight is 278 g/mol. The lowest BCUT2D eigenvalue weighted by Gasteiger charge is -2.06. The van der Waals surface area contributed by atoms with Crippen molar-refractivity contribution in [2.75, 3.05) is 0 Å². The lowest BCUT2D eigenvalue weighted by atomic mass is 10.2. The number of benzene rings is 2. The van der Waals surface area contributed by atoms with Crippen molar-refractivity contribution in [2.45, 2.75) is 6.54 Å². The predicted octanol–water partition coefficient (Wildman–Crippen LogP) is 3.38. The predicted molar refractivity (Wildman–Crippen MR) is 72.4 cm³/mol. The number of carbonyl (C=O) groups is 1. The van der Waals surface area contributed by atoms with Crippen LogP contribution in [0.5, 0.6) is 11.5 Å². The molecule has 0 heterocycles. The van der Waals surface area contributed by atoms with Gasteiger partial charge in [-0.05, 0) is 42.0 Å². The third-order valence-corrected chi connectivity index (χ3v) is 2.63. The number of ether oxygens (including phenoxy) is 2. The maximum atomic E-state index is 11.5. The van der Waals surface area contributed by atoms with Crippen molar-refractivity contribution in [3.8, 4) is 11.5 Å². The van der Waals surface area contributed by atoms with E-state index in [0.29, 0.717) is 23.1 Å². The van der Waals surface area contributed by atoms with E-state index >= 15 is 0 Å². The summed E-state index contributed by atoms with van der Waals surface area (Å²) in [7, 11) is 0. The molecule has 5 heteroatoms.